The van der Waals surface area contributed by atoms with Crippen LogP contribution in [0, 0.1) is 0 Å². The second kappa shape index (κ2) is 15.6. The van der Waals surface area contributed by atoms with Crippen LogP contribution in [0.2, 0.25) is 0 Å². The van der Waals surface area contributed by atoms with Gasteiger partial charge in [-0.2, -0.15) is 30.0 Å². The molecule has 0 bridgehead atoms. The van der Waals surface area contributed by atoms with Crippen molar-refractivity contribution < 1.29 is 53.1 Å². The molecule has 0 aliphatic carbocycles. The van der Waals surface area contributed by atoms with Crippen molar-refractivity contribution in [1.29, 1.82) is 0 Å². The lowest BCUT2D eigenvalue weighted by atomic mass is 10.1. The lowest BCUT2D eigenvalue weighted by molar-refractivity contribution is -0.152. The molecule has 1 fully saturated rings. The van der Waals surface area contributed by atoms with Crippen LogP contribution in [0.4, 0.5) is 18.9 Å². The van der Waals surface area contributed by atoms with E-state index < -0.39 is 53.3 Å². The number of nitrogens with one attached hydrogen (secondary N) is 1. The number of thiophene rings is 1. The molecule has 1 saturated heterocycles. The molecule has 13 nitrogen and oxygen atoms in total. The molecule has 5 aromatic rings. The van der Waals surface area contributed by atoms with Gasteiger partial charge in [-0.15, -0.1) is 11.3 Å². The quantitative estimate of drug-likeness (QED) is 0.132. The summed E-state index contributed by atoms with van der Waals surface area (Å²) >= 11 is 0.895. The van der Waals surface area contributed by atoms with Gasteiger partial charge in [0.05, 0.1) is 18.4 Å². The van der Waals surface area contributed by atoms with Crippen molar-refractivity contribution in [3.05, 3.63) is 93.7 Å². The molecule has 0 atom stereocenters. The van der Waals surface area contributed by atoms with Crippen molar-refractivity contribution in [1.82, 2.24) is 10.2 Å². The zero-order valence-corrected chi connectivity index (χ0v) is 29.7. The number of benzene rings is 3. The van der Waals surface area contributed by atoms with Gasteiger partial charge in [-0.3, -0.25) is 23.6 Å². The molecule has 1 aliphatic heterocycles. The zero-order chi connectivity index (χ0) is 37.8. The first kappa shape index (κ1) is 38.7. The third-order valence-electron chi connectivity index (χ3n) is 8.10. The number of fused-ring (bicyclic) bond motifs is 2. The maximum atomic E-state index is 13.0. The smallest absolute Gasteiger partial charge is 0.449 e. The fourth-order valence-electron chi connectivity index (χ4n) is 5.64. The fourth-order valence-corrected chi connectivity index (χ4v) is 7.94. The van der Waals surface area contributed by atoms with Gasteiger partial charge in [0.2, 0.25) is 11.2 Å². The van der Waals surface area contributed by atoms with Crippen molar-refractivity contribution in [2.75, 3.05) is 51.3 Å². The number of amides is 1. The van der Waals surface area contributed by atoms with Crippen LogP contribution in [-0.2, 0) is 26.4 Å². The van der Waals surface area contributed by atoms with Crippen molar-refractivity contribution >= 4 is 64.2 Å². The molecule has 0 radical (unpaired) electrons. The van der Waals surface area contributed by atoms with Gasteiger partial charge in [-0.25, -0.2) is 0 Å². The number of piperazine rings is 1. The summed E-state index contributed by atoms with van der Waals surface area (Å²) in [7, 11) is -7.28. The normalized spacial score (nSPS) is 14.2. The predicted molar refractivity (Wildman–Crippen MR) is 188 cm³/mol. The molecule has 0 spiro atoms. The molecule has 6 rings (SSSR count). The maximum absolute atomic E-state index is 13.0. The highest BCUT2D eigenvalue weighted by Crippen LogP contribution is 2.33. The summed E-state index contributed by atoms with van der Waals surface area (Å²) in [6.07, 6.45) is -4.13. The third kappa shape index (κ3) is 8.91. The van der Waals surface area contributed by atoms with E-state index in [1.165, 1.54) is 29.6 Å². The summed E-state index contributed by atoms with van der Waals surface area (Å²) in [5.41, 5.74) is -0.131. The van der Waals surface area contributed by atoms with Gasteiger partial charge < -0.3 is 19.4 Å². The van der Waals surface area contributed by atoms with Crippen molar-refractivity contribution in [3.8, 4) is 5.75 Å². The predicted octanol–water partition coefficient (Wildman–Crippen LogP) is 5.16. The average molecular weight is 784 g/mol. The summed E-state index contributed by atoms with van der Waals surface area (Å²) in [6.45, 7) is 4.57. The molecule has 1 amide bonds. The Morgan fingerprint density at radius 3 is 2.08 bits per heavy atom. The highest BCUT2D eigenvalue weighted by Gasteiger charge is 2.36. The number of methoxy groups -OCH3 is 1. The number of hydrogen-bond acceptors (Lipinski definition) is 11. The van der Waals surface area contributed by atoms with E-state index in [0.717, 1.165) is 67.6 Å². The van der Waals surface area contributed by atoms with Gasteiger partial charge >= 0.3 is 6.18 Å². The van der Waals surface area contributed by atoms with Crippen LogP contribution in [0.1, 0.15) is 22.5 Å². The molecule has 19 heteroatoms. The molecule has 1 aliphatic rings. The van der Waals surface area contributed by atoms with E-state index >= 15 is 0 Å². The Labute approximate surface area is 299 Å². The van der Waals surface area contributed by atoms with Crippen LogP contribution < -0.4 is 20.4 Å². The number of nitrogens with zero attached hydrogens (tertiary/aromatic N) is 2. The van der Waals surface area contributed by atoms with Gasteiger partial charge in [-0.05, 0) is 37.2 Å². The molecule has 0 saturated carbocycles. The van der Waals surface area contributed by atoms with Gasteiger partial charge in [-0.1, -0.05) is 36.4 Å². The van der Waals surface area contributed by atoms with Crippen LogP contribution in [0.3, 0.4) is 0 Å². The standard InChI is InChI=1S/C23H24F3N3O4S.C10H8O6S2/c1-32-18-6-3-2-5-16(18)29-11-9-28(10-12-29)8-4-7-27-22(31)15-14-34-21-17(30)13-19(23(24,25)26)33-20(15)21;11-17(12,13)9-5-1-3-7-8(9)4-2-6-10(7)18(14,15)16/h2-3,5-6,13-14H,4,7-12H2,1H3,(H,27,31);1-6H,(H,11,12,13)(H,14,15,16). The first-order valence-corrected chi connectivity index (χ1v) is 19.2. The van der Waals surface area contributed by atoms with Gasteiger partial charge in [0.25, 0.3) is 26.1 Å². The maximum Gasteiger partial charge on any atom is 0.449 e. The number of rotatable bonds is 9. The first-order valence-electron chi connectivity index (χ1n) is 15.5. The minimum Gasteiger partial charge on any atom is -0.495 e. The second-order valence-corrected chi connectivity index (χ2v) is 15.1. The minimum absolute atomic E-state index is 0.00827. The Morgan fingerprint density at radius 2 is 1.52 bits per heavy atom. The Balaban J connectivity index is 0.000000244. The van der Waals surface area contributed by atoms with E-state index in [1.807, 2.05) is 24.3 Å². The van der Waals surface area contributed by atoms with E-state index in [2.05, 4.69) is 15.1 Å². The molecular formula is C33H32F3N3O10S3. The number of hydrogen-bond donors (Lipinski definition) is 3. The van der Waals surface area contributed by atoms with Gasteiger partial charge in [0, 0.05) is 54.9 Å². The Bertz CT molecular complexity index is 2300. The number of ether oxygens (including phenoxy) is 1. The minimum atomic E-state index is -4.81. The SMILES string of the molecule is COc1ccccc1N1CCN(CCCNC(=O)c2csc3c(=O)cc(C(F)(F)F)oc23)CC1.O=S(=O)(O)c1cccc2c(S(=O)(=O)O)cccc12. The number of carbonyl (C=O) groups excluding carboxylic acids is 1. The van der Waals surface area contributed by atoms with Crippen molar-refractivity contribution in [2.24, 2.45) is 0 Å². The molecule has 3 aromatic carbocycles. The Kier molecular flexibility index (Phi) is 11.6. The summed E-state index contributed by atoms with van der Waals surface area (Å²) < 4.78 is 112. The lowest BCUT2D eigenvalue weighted by Gasteiger charge is -2.36. The number of carbonyl (C=O) groups is 1. The number of halogens is 3. The molecule has 52 heavy (non-hydrogen) atoms. The molecule has 0 unspecified atom stereocenters. The van der Waals surface area contributed by atoms with Crippen molar-refractivity contribution in [2.45, 2.75) is 22.4 Å². The van der Waals surface area contributed by atoms with E-state index in [1.54, 1.807) is 7.11 Å². The lowest BCUT2D eigenvalue weighted by Crippen LogP contribution is -2.47. The van der Waals surface area contributed by atoms with Gasteiger partial charge in [0.1, 0.15) is 20.2 Å². The van der Waals surface area contributed by atoms with E-state index in [9.17, 15) is 39.6 Å². The van der Waals surface area contributed by atoms with E-state index in [-0.39, 0.29) is 26.6 Å². The van der Waals surface area contributed by atoms with Crippen LogP contribution in [0.5, 0.6) is 5.75 Å². The number of anilines is 1. The number of alkyl halides is 3. The zero-order valence-electron chi connectivity index (χ0n) is 27.3. The average Bonchev–Trinajstić information content (AvgIpc) is 3.54. The Hall–Kier alpha value is -4.53. The van der Waals surface area contributed by atoms with Crippen LogP contribution >= 0.6 is 11.3 Å². The molecule has 3 heterocycles. The Morgan fingerprint density at radius 1 is 0.923 bits per heavy atom. The largest absolute Gasteiger partial charge is 0.495 e. The molecule has 3 N–H and O–H groups in total. The number of para-hydroxylation sites is 2. The van der Waals surface area contributed by atoms with E-state index in [4.69, 9.17) is 18.3 Å². The van der Waals surface area contributed by atoms with Gasteiger partial charge in [0.15, 0.2) is 5.58 Å². The summed E-state index contributed by atoms with van der Waals surface area (Å²) in [4.78, 5) is 28.2. The molecule has 2 aromatic heterocycles. The summed E-state index contributed by atoms with van der Waals surface area (Å²) in [5, 5.41) is 4.11. The van der Waals surface area contributed by atoms with Crippen molar-refractivity contribution in [3.63, 3.8) is 0 Å². The van der Waals surface area contributed by atoms with Crippen LogP contribution in [-0.4, -0.2) is 83.1 Å². The summed E-state index contributed by atoms with van der Waals surface area (Å²) in [5.74, 6) is -1.13. The highest BCUT2D eigenvalue weighted by atomic mass is 32.2. The second-order valence-electron chi connectivity index (χ2n) is 11.4. The fraction of sp³-hybridized carbons (Fsp3) is 0.273. The monoisotopic (exact) mass is 783 g/mol. The molecular weight excluding hydrogens is 752 g/mol. The van der Waals surface area contributed by atoms with Crippen LogP contribution in [0.25, 0.3) is 21.1 Å². The third-order valence-corrected chi connectivity index (χ3v) is 10.9. The molecule has 278 valence electrons. The topological polar surface area (TPSA) is 184 Å². The summed E-state index contributed by atoms with van der Waals surface area (Å²) in [6, 6.07) is 15.8. The highest BCUT2D eigenvalue weighted by molar-refractivity contribution is 7.86. The van der Waals surface area contributed by atoms with Crippen LogP contribution in [0.15, 0.2) is 91.1 Å². The van der Waals surface area contributed by atoms with E-state index in [0.29, 0.717) is 19.0 Å². The first-order chi connectivity index (χ1) is 24.5.